The maximum Gasteiger partial charge on any atom is 0.410 e. The van der Waals surface area contributed by atoms with Crippen molar-refractivity contribution in [1.29, 1.82) is 0 Å². The highest BCUT2D eigenvalue weighted by atomic mass is 19.3. The molecule has 1 unspecified atom stereocenters. The maximum atomic E-state index is 14.3. The summed E-state index contributed by atoms with van der Waals surface area (Å²) >= 11 is 0. The third kappa shape index (κ3) is 7.20. The van der Waals surface area contributed by atoms with E-state index in [1.165, 1.54) is 35.2 Å². The Morgan fingerprint density at radius 1 is 1.21 bits per heavy atom. The van der Waals surface area contributed by atoms with Crippen molar-refractivity contribution in [3.63, 3.8) is 0 Å². The van der Waals surface area contributed by atoms with Crippen molar-refractivity contribution in [2.24, 2.45) is 0 Å². The second-order valence-electron chi connectivity index (χ2n) is 8.63. The van der Waals surface area contributed by atoms with Crippen molar-refractivity contribution < 1.29 is 27.5 Å². The van der Waals surface area contributed by atoms with E-state index >= 15 is 0 Å². The highest BCUT2D eigenvalue weighted by Crippen LogP contribution is 2.27. The van der Waals surface area contributed by atoms with Crippen molar-refractivity contribution in [3.05, 3.63) is 53.6 Å². The van der Waals surface area contributed by atoms with Gasteiger partial charge in [-0.2, -0.15) is 0 Å². The Hall–Kier alpha value is -3.10. The summed E-state index contributed by atoms with van der Waals surface area (Å²) in [7, 11) is 0. The number of rotatable bonds is 5. The third-order valence-corrected chi connectivity index (χ3v) is 5.01. The van der Waals surface area contributed by atoms with Crippen molar-refractivity contribution in [3.8, 4) is 11.1 Å². The van der Waals surface area contributed by atoms with Crippen LogP contribution < -0.4 is 5.32 Å². The minimum absolute atomic E-state index is 0.0277. The van der Waals surface area contributed by atoms with Gasteiger partial charge in [-0.05, 0) is 45.2 Å². The van der Waals surface area contributed by atoms with Gasteiger partial charge in [0.05, 0.1) is 18.4 Å². The van der Waals surface area contributed by atoms with Gasteiger partial charge in [0.1, 0.15) is 17.5 Å². The lowest BCUT2D eigenvalue weighted by Crippen LogP contribution is -2.47. The van der Waals surface area contributed by atoms with E-state index in [-0.39, 0.29) is 23.6 Å². The Balaban J connectivity index is 0.00000199. The zero-order chi connectivity index (χ0) is 25.5. The molecule has 1 aromatic heterocycles. The number of nitrogens with one attached hydrogen (secondary N) is 1. The van der Waals surface area contributed by atoms with E-state index in [1.54, 1.807) is 20.8 Å². The van der Waals surface area contributed by atoms with Gasteiger partial charge in [-0.3, -0.25) is 14.7 Å². The molecule has 0 saturated carbocycles. The largest absolute Gasteiger partial charge is 0.444 e. The highest BCUT2D eigenvalue weighted by molar-refractivity contribution is 5.86. The Morgan fingerprint density at radius 2 is 1.85 bits per heavy atom. The molecule has 2 amide bonds. The molecule has 2 heterocycles. The topological polar surface area (TPSA) is 71.5 Å². The van der Waals surface area contributed by atoms with Gasteiger partial charge in [-0.25, -0.2) is 18.0 Å². The maximum absolute atomic E-state index is 14.3. The summed E-state index contributed by atoms with van der Waals surface area (Å²) in [6, 6.07) is 6.14. The van der Waals surface area contributed by atoms with Crippen LogP contribution in [0.5, 0.6) is 0 Å². The van der Waals surface area contributed by atoms with Gasteiger partial charge in [-0.15, -0.1) is 0 Å². The minimum Gasteiger partial charge on any atom is -0.444 e. The van der Waals surface area contributed by atoms with E-state index in [2.05, 4.69) is 10.3 Å². The Kier molecular flexibility index (Phi) is 9.46. The van der Waals surface area contributed by atoms with E-state index in [0.717, 1.165) is 6.20 Å². The van der Waals surface area contributed by atoms with Crippen LogP contribution in [0.15, 0.2) is 36.5 Å². The van der Waals surface area contributed by atoms with E-state index < -0.39 is 30.0 Å². The fourth-order valence-electron chi connectivity index (χ4n) is 3.48. The number of nitrogens with zero attached hydrogens (tertiary/aromatic N) is 2. The van der Waals surface area contributed by atoms with Crippen LogP contribution in [-0.2, 0) is 16.1 Å². The van der Waals surface area contributed by atoms with Gasteiger partial charge in [0.2, 0.25) is 5.91 Å². The molecule has 0 aliphatic carbocycles. The van der Waals surface area contributed by atoms with Gasteiger partial charge in [0.15, 0.2) is 0 Å². The van der Waals surface area contributed by atoms with E-state index in [0.29, 0.717) is 30.6 Å². The van der Waals surface area contributed by atoms with Crippen molar-refractivity contribution >= 4 is 12.0 Å². The average molecular weight is 480 g/mol. The number of halogens is 3. The molecule has 6 nitrogen and oxygen atoms in total. The quantitative estimate of drug-likeness (QED) is 0.583. The van der Waals surface area contributed by atoms with E-state index in [4.69, 9.17) is 4.74 Å². The van der Waals surface area contributed by atoms with Gasteiger partial charge in [0.25, 0.3) is 6.43 Å². The van der Waals surface area contributed by atoms with Crippen LogP contribution in [0.1, 0.15) is 65.1 Å². The molecule has 0 spiro atoms. The van der Waals surface area contributed by atoms with Crippen LogP contribution in [-0.4, -0.2) is 40.1 Å². The molecule has 34 heavy (non-hydrogen) atoms. The molecule has 3 rings (SSSR count). The van der Waals surface area contributed by atoms with Crippen molar-refractivity contribution in [1.82, 2.24) is 15.2 Å². The molecule has 9 heteroatoms. The van der Waals surface area contributed by atoms with Crippen LogP contribution in [0, 0.1) is 5.82 Å². The molecule has 1 aliphatic heterocycles. The molecule has 1 fully saturated rings. The van der Waals surface area contributed by atoms with E-state index in [9.17, 15) is 22.8 Å². The molecular weight excluding hydrogens is 447 g/mol. The first-order chi connectivity index (χ1) is 16.0. The number of likely N-dealkylation sites (tertiary alicyclic amines) is 1. The fraction of sp³-hybridized carbons (Fsp3) is 0.480. The number of alkyl halides is 2. The molecular formula is C25H32F3N3O3. The number of hydrogen-bond donors (Lipinski definition) is 1. The monoisotopic (exact) mass is 479 g/mol. The van der Waals surface area contributed by atoms with Crippen LogP contribution in [0.4, 0.5) is 18.0 Å². The Labute approximate surface area is 198 Å². The minimum atomic E-state index is -2.60. The zero-order valence-corrected chi connectivity index (χ0v) is 20.2. The summed E-state index contributed by atoms with van der Waals surface area (Å²) in [6.45, 7) is 9.74. The molecule has 1 aliphatic rings. The summed E-state index contributed by atoms with van der Waals surface area (Å²) < 4.78 is 45.2. The summed E-state index contributed by atoms with van der Waals surface area (Å²) in [5.41, 5.74) is 0.203. The van der Waals surface area contributed by atoms with Gasteiger partial charge in [0, 0.05) is 17.7 Å². The first-order valence-corrected chi connectivity index (χ1v) is 11.4. The summed E-state index contributed by atoms with van der Waals surface area (Å²) in [6.07, 6.45) is -0.910. The third-order valence-electron chi connectivity index (χ3n) is 5.01. The molecule has 0 radical (unpaired) electrons. The SMILES string of the molecule is CC.CC(C)(C)OC(=O)N1CCCC1C(=O)NCc1cc(-c2ccc(C(F)F)cc2)c(F)cn1. The van der Waals surface area contributed by atoms with Gasteiger partial charge < -0.3 is 10.1 Å². The number of pyridine rings is 1. The Bertz CT molecular complexity index is 976. The Morgan fingerprint density at radius 3 is 2.44 bits per heavy atom. The van der Waals surface area contributed by atoms with Crippen LogP contribution in [0.3, 0.4) is 0 Å². The molecule has 0 bridgehead atoms. The number of benzene rings is 1. The first-order valence-electron chi connectivity index (χ1n) is 11.4. The number of carbonyl (C=O) groups is 2. The molecule has 186 valence electrons. The molecule has 1 N–H and O–H groups in total. The second kappa shape index (κ2) is 11.9. The lowest BCUT2D eigenvalue weighted by Gasteiger charge is -2.28. The lowest BCUT2D eigenvalue weighted by atomic mass is 10.0. The fourth-order valence-corrected chi connectivity index (χ4v) is 3.48. The van der Waals surface area contributed by atoms with Gasteiger partial charge >= 0.3 is 6.09 Å². The van der Waals surface area contributed by atoms with E-state index in [1.807, 2.05) is 13.8 Å². The number of aromatic nitrogens is 1. The van der Waals surface area contributed by atoms with Crippen LogP contribution in [0.2, 0.25) is 0 Å². The number of amides is 2. The molecule has 1 aromatic carbocycles. The molecule has 1 atom stereocenters. The molecule has 2 aromatic rings. The predicted octanol–water partition coefficient (Wildman–Crippen LogP) is 5.87. The number of ether oxygens (including phenoxy) is 1. The smallest absolute Gasteiger partial charge is 0.410 e. The average Bonchev–Trinajstić information content (AvgIpc) is 3.29. The summed E-state index contributed by atoms with van der Waals surface area (Å²) in [4.78, 5) is 30.5. The summed E-state index contributed by atoms with van der Waals surface area (Å²) in [5.74, 6) is -0.945. The number of hydrogen-bond acceptors (Lipinski definition) is 4. The first kappa shape index (κ1) is 27.1. The van der Waals surface area contributed by atoms with Crippen molar-refractivity contribution in [2.45, 2.75) is 72.1 Å². The normalized spacial score (nSPS) is 15.6. The van der Waals surface area contributed by atoms with Crippen LogP contribution >= 0.6 is 0 Å². The van der Waals surface area contributed by atoms with Crippen molar-refractivity contribution in [2.75, 3.05) is 6.54 Å². The predicted molar refractivity (Wildman–Crippen MR) is 124 cm³/mol. The number of carbonyl (C=O) groups excluding carboxylic acids is 2. The van der Waals surface area contributed by atoms with Gasteiger partial charge in [-0.1, -0.05) is 38.1 Å². The lowest BCUT2D eigenvalue weighted by molar-refractivity contribution is -0.125. The zero-order valence-electron chi connectivity index (χ0n) is 20.2. The molecule has 1 saturated heterocycles. The standard InChI is InChI=1S/C23H26F3N3O3.C2H6/c1-23(2,3)32-22(31)29-10-4-5-19(29)21(30)28-12-16-11-17(18(24)13-27-16)14-6-8-15(9-7-14)20(25)26;1-2/h6-9,11,13,19-20H,4-5,10,12H2,1-3H3,(H,28,30);1-2H3. The highest BCUT2D eigenvalue weighted by Gasteiger charge is 2.36. The van der Waals surface area contributed by atoms with Crippen LogP contribution in [0.25, 0.3) is 11.1 Å². The second-order valence-corrected chi connectivity index (χ2v) is 8.63. The summed E-state index contributed by atoms with van der Waals surface area (Å²) in [5, 5.41) is 2.74.